The summed E-state index contributed by atoms with van der Waals surface area (Å²) in [6.45, 7) is 9.03. The summed E-state index contributed by atoms with van der Waals surface area (Å²) < 4.78 is 0. The van der Waals surface area contributed by atoms with E-state index in [1.54, 1.807) is 22.7 Å². The average Bonchev–Trinajstić information content (AvgIpc) is 3.38. The van der Waals surface area contributed by atoms with Gasteiger partial charge < -0.3 is 0 Å². The Kier molecular flexibility index (Phi) is 3.87. The molecule has 0 fully saturated rings. The predicted octanol–water partition coefficient (Wildman–Crippen LogP) is 6.90. The van der Waals surface area contributed by atoms with Crippen LogP contribution in [-0.2, 0) is 10.8 Å². The molecule has 4 heteroatoms. The molecule has 0 aliphatic carbocycles. The van der Waals surface area contributed by atoms with Crippen LogP contribution in [0.4, 0.5) is 0 Å². The second-order valence-corrected chi connectivity index (χ2v) is 10.2. The number of aromatic nitrogens is 2. The van der Waals surface area contributed by atoms with Crippen LogP contribution in [0.25, 0.3) is 22.5 Å². The second kappa shape index (κ2) is 6.10. The molecular weight excluding hydrogens is 380 g/mol. The number of hydrogen-bond acceptors (Lipinski definition) is 4. The minimum Gasteiger partial charge on any atom is -0.240 e. The van der Waals surface area contributed by atoms with Gasteiger partial charge in [-0.1, -0.05) is 36.4 Å². The first-order chi connectivity index (χ1) is 13.4. The fourth-order valence-corrected chi connectivity index (χ4v) is 5.72. The maximum Gasteiger partial charge on any atom is 0.103 e. The van der Waals surface area contributed by atoms with Gasteiger partial charge in [-0.2, -0.15) is 0 Å². The summed E-state index contributed by atoms with van der Waals surface area (Å²) in [6.07, 6.45) is 0. The Bertz CT molecular complexity index is 1090. The van der Waals surface area contributed by atoms with Crippen LogP contribution in [0, 0.1) is 0 Å². The van der Waals surface area contributed by atoms with Crippen LogP contribution >= 0.6 is 22.7 Å². The monoisotopic (exact) mass is 402 g/mol. The molecule has 0 N–H and O–H groups in total. The van der Waals surface area contributed by atoms with E-state index < -0.39 is 0 Å². The summed E-state index contributed by atoms with van der Waals surface area (Å²) in [4.78, 5) is 10.1. The molecule has 8 bridgehead atoms. The van der Waals surface area contributed by atoms with E-state index in [0.717, 1.165) is 21.4 Å². The highest BCUT2D eigenvalue weighted by Crippen LogP contribution is 2.40. The third-order valence-electron chi connectivity index (χ3n) is 5.84. The highest BCUT2D eigenvalue weighted by molar-refractivity contribution is 7.10. The summed E-state index contributed by atoms with van der Waals surface area (Å²) >= 11 is 3.49. The molecule has 0 spiro atoms. The summed E-state index contributed by atoms with van der Waals surface area (Å²) in [6, 6.07) is 17.5. The SMILES string of the molecule is CC1(C)c2cccc(c2)-c2csc(n2)C(C)(C)c2cccc(c2)-c2csc1n2. The fraction of sp³-hybridized carbons (Fsp3) is 0.250. The van der Waals surface area contributed by atoms with Gasteiger partial charge in [0, 0.05) is 32.7 Å². The molecule has 2 nitrogen and oxygen atoms in total. The quantitative estimate of drug-likeness (QED) is 0.320. The maximum atomic E-state index is 5.05. The molecule has 3 heterocycles. The number of rotatable bonds is 0. The minimum atomic E-state index is -0.154. The zero-order valence-corrected chi connectivity index (χ0v) is 18.1. The lowest BCUT2D eigenvalue weighted by atomic mass is 9.83. The first kappa shape index (κ1) is 17.8. The summed E-state index contributed by atoms with van der Waals surface area (Å²) in [7, 11) is 0. The van der Waals surface area contributed by atoms with Crippen LogP contribution in [0.3, 0.4) is 0 Å². The molecule has 0 unspecified atom stereocenters. The molecule has 2 aromatic carbocycles. The van der Waals surface area contributed by atoms with E-state index in [2.05, 4.69) is 87.0 Å². The normalized spacial score (nSPS) is 16.4. The van der Waals surface area contributed by atoms with Crippen molar-refractivity contribution in [3.63, 3.8) is 0 Å². The molecule has 0 saturated carbocycles. The molecule has 2 aromatic heterocycles. The fourth-order valence-electron chi connectivity index (χ4n) is 3.77. The van der Waals surface area contributed by atoms with E-state index >= 15 is 0 Å². The van der Waals surface area contributed by atoms with Crippen molar-refractivity contribution in [1.29, 1.82) is 0 Å². The van der Waals surface area contributed by atoms with Gasteiger partial charge in [0.2, 0.25) is 0 Å². The third-order valence-corrected chi connectivity index (χ3v) is 8.17. The van der Waals surface area contributed by atoms with Gasteiger partial charge in [0.05, 0.1) is 11.4 Å². The smallest absolute Gasteiger partial charge is 0.103 e. The van der Waals surface area contributed by atoms with E-state index in [9.17, 15) is 0 Å². The van der Waals surface area contributed by atoms with Crippen molar-refractivity contribution in [1.82, 2.24) is 9.97 Å². The van der Waals surface area contributed by atoms with Gasteiger partial charge in [0.15, 0.2) is 0 Å². The second-order valence-electron chi connectivity index (χ2n) is 8.49. The minimum absolute atomic E-state index is 0.154. The lowest BCUT2D eigenvalue weighted by molar-refractivity contribution is 0.632. The Morgan fingerprint density at radius 2 is 1.07 bits per heavy atom. The molecule has 0 radical (unpaired) electrons. The number of nitrogens with zero attached hydrogens (tertiary/aromatic N) is 2. The van der Waals surface area contributed by atoms with Crippen LogP contribution < -0.4 is 0 Å². The summed E-state index contributed by atoms with van der Waals surface area (Å²) in [5.74, 6) is 0. The van der Waals surface area contributed by atoms with Gasteiger partial charge in [-0.05, 0) is 51.0 Å². The summed E-state index contributed by atoms with van der Waals surface area (Å²) in [5, 5.41) is 6.65. The Morgan fingerprint density at radius 1 is 0.643 bits per heavy atom. The van der Waals surface area contributed by atoms with E-state index in [0.29, 0.717) is 0 Å². The standard InChI is InChI=1S/C24H22N2S2/c1-23(2)17-9-5-7-15(11-17)20-14-28-22(26-20)24(3,4)18-10-6-8-16(12-18)19-13-27-21(23)25-19/h5-14H,1-4H3. The van der Waals surface area contributed by atoms with E-state index in [1.165, 1.54) is 22.3 Å². The molecular formula is C24H22N2S2. The molecule has 0 amide bonds. The molecule has 140 valence electrons. The van der Waals surface area contributed by atoms with Gasteiger partial charge >= 0.3 is 0 Å². The van der Waals surface area contributed by atoms with Crippen molar-refractivity contribution in [3.8, 4) is 22.5 Å². The van der Waals surface area contributed by atoms with Crippen molar-refractivity contribution < 1.29 is 0 Å². The number of thiazole rings is 2. The lowest BCUT2D eigenvalue weighted by Crippen LogP contribution is -2.19. The van der Waals surface area contributed by atoms with Gasteiger partial charge in [-0.3, -0.25) is 0 Å². The van der Waals surface area contributed by atoms with Crippen molar-refractivity contribution in [2.75, 3.05) is 0 Å². The number of hydrogen-bond donors (Lipinski definition) is 0. The lowest BCUT2D eigenvalue weighted by Gasteiger charge is -2.24. The number of benzene rings is 2. The Hall–Kier alpha value is -2.30. The third kappa shape index (κ3) is 2.66. The zero-order valence-electron chi connectivity index (χ0n) is 16.5. The van der Waals surface area contributed by atoms with Crippen LogP contribution in [0.15, 0.2) is 59.3 Å². The maximum absolute atomic E-state index is 5.05. The summed E-state index contributed by atoms with van der Waals surface area (Å²) in [5.41, 5.74) is 6.68. The Labute approximate surface area is 174 Å². The zero-order chi connectivity index (χ0) is 19.5. The molecule has 1 aliphatic rings. The van der Waals surface area contributed by atoms with Crippen LogP contribution in [-0.4, -0.2) is 9.97 Å². The predicted molar refractivity (Wildman–Crippen MR) is 119 cm³/mol. The van der Waals surface area contributed by atoms with E-state index in [1.807, 2.05) is 0 Å². The largest absolute Gasteiger partial charge is 0.240 e. The van der Waals surface area contributed by atoms with Gasteiger partial charge in [0.1, 0.15) is 10.0 Å². The van der Waals surface area contributed by atoms with Crippen LogP contribution in [0.5, 0.6) is 0 Å². The van der Waals surface area contributed by atoms with Crippen LogP contribution in [0.1, 0.15) is 48.8 Å². The average molecular weight is 403 g/mol. The molecule has 5 rings (SSSR count). The molecule has 0 saturated heterocycles. The van der Waals surface area contributed by atoms with Crippen LogP contribution in [0.2, 0.25) is 0 Å². The Morgan fingerprint density at radius 3 is 1.50 bits per heavy atom. The van der Waals surface area contributed by atoms with Gasteiger partial charge in [-0.25, -0.2) is 9.97 Å². The molecule has 0 atom stereocenters. The van der Waals surface area contributed by atoms with E-state index in [4.69, 9.17) is 9.97 Å². The highest BCUT2D eigenvalue weighted by Gasteiger charge is 2.30. The first-order valence-corrected chi connectivity index (χ1v) is 11.3. The first-order valence-electron chi connectivity index (χ1n) is 9.49. The Balaban J connectivity index is 1.82. The van der Waals surface area contributed by atoms with E-state index in [-0.39, 0.29) is 10.8 Å². The van der Waals surface area contributed by atoms with Crippen molar-refractivity contribution in [2.45, 2.75) is 38.5 Å². The highest BCUT2D eigenvalue weighted by atomic mass is 32.1. The number of fused-ring (bicyclic) bond motifs is 10. The topological polar surface area (TPSA) is 25.8 Å². The molecule has 4 aromatic rings. The van der Waals surface area contributed by atoms with Crippen molar-refractivity contribution in [3.05, 3.63) is 80.4 Å². The van der Waals surface area contributed by atoms with Gasteiger partial charge in [-0.15, -0.1) is 22.7 Å². The molecule has 1 aliphatic heterocycles. The van der Waals surface area contributed by atoms with Crippen molar-refractivity contribution in [2.24, 2.45) is 0 Å². The van der Waals surface area contributed by atoms with Gasteiger partial charge in [0.25, 0.3) is 0 Å². The van der Waals surface area contributed by atoms with Crippen molar-refractivity contribution >= 4 is 22.7 Å². The molecule has 28 heavy (non-hydrogen) atoms.